The molecule has 0 saturated carbocycles. The van der Waals surface area contributed by atoms with Gasteiger partial charge in [0.2, 0.25) is 0 Å². The minimum Gasteiger partial charge on any atom is -0.463 e. The summed E-state index contributed by atoms with van der Waals surface area (Å²) in [6.07, 6.45) is 3.54. The maximum Gasteiger partial charge on any atom is 0.313 e. The number of aryl methyl sites for hydroxylation is 1. The Morgan fingerprint density at radius 1 is 1.23 bits per heavy atom. The Labute approximate surface area is 152 Å². The molecular formula is C21H21FN2O2. The van der Waals surface area contributed by atoms with Crippen LogP contribution in [0.25, 0.3) is 11.1 Å². The molecule has 0 N–H and O–H groups in total. The lowest BCUT2D eigenvalue weighted by atomic mass is 9.97. The summed E-state index contributed by atoms with van der Waals surface area (Å²) in [6, 6.07) is 14.2. The van der Waals surface area contributed by atoms with Crippen molar-refractivity contribution in [3.8, 4) is 11.1 Å². The van der Waals surface area contributed by atoms with E-state index in [1.807, 2.05) is 48.0 Å². The summed E-state index contributed by atoms with van der Waals surface area (Å²) in [4.78, 5) is 16.4. The van der Waals surface area contributed by atoms with Gasteiger partial charge >= 0.3 is 5.97 Å². The molecule has 1 heterocycles. The van der Waals surface area contributed by atoms with Gasteiger partial charge in [0, 0.05) is 18.0 Å². The molecule has 3 aromatic rings. The molecule has 0 aliphatic heterocycles. The van der Waals surface area contributed by atoms with Crippen LogP contribution in [-0.2, 0) is 16.1 Å². The molecular weight excluding hydrogens is 331 g/mol. The van der Waals surface area contributed by atoms with E-state index in [0.29, 0.717) is 17.7 Å². The third-order valence-electron chi connectivity index (χ3n) is 4.43. The maximum atomic E-state index is 14.5. The van der Waals surface area contributed by atoms with Crippen LogP contribution in [0.15, 0.2) is 60.9 Å². The number of imidazole rings is 1. The van der Waals surface area contributed by atoms with Crippen molar-refractivity contribution in [1.29, 1.82) is 0 Å². The van der Waals surface area contributed by atoms with Crippen molar-refractivity contribution in [3.63, 3.8) is 0 Å². The Hall–Kier alpha value is -2.95. The first-order valence-corrected chi connectivity index (χ1v) is 8.55. The number of nitrogens with zero attached hydrogens (tertiary/aromatic N) is 2. The average molecular weight is 352 g/mol. The third kappa shape index (κ3) is 3.99. The van der Waals surface area contributed by atoms with E-state index in [0.717, 1.165) is 11.4 Å². The second-order valence-electron chi connectivity index (χ2n) is 6.16. The topological polar surface area (TPSA) is 44.1 Å². The van der Waals surface area contributed by atoms with Crippen molar-refractivity contribution in [2.75, 3.05) is 6.61 Å². The quantitative estimate of drug-likeness (QED) is 0.620. The summed E-state index contributed by atoms with van der Waals surface area (Å²) < 4.78 is 21.7. The number of esters is 1. The van der Waals surface area contributed by atoms with E-state index >= 15 is 0 Å². The van der Waals surface area contributed by atoms with Crippen LogP contribution in [0, 0.1) is 12.7 Å². The van der Waals surface area contributed by atoms with Crippen molar-refractivity contribution in [2.24, 2.45) is 0 Å². The number of ether oxygens (including phenoxy) is 1. The van der Waals surface area contributed by atoms with Crippen molar-refractivity contribution >= 4 is 5.97 Å². The first-order chi connectivity index (χ1) is 12.6. The molecule has 5 heteroatoms. The summed E-state index contributed by atoms with van der Waals surface area (Å²) >= 11 is 0. The number of halogens is 1. The Bertz CT molecular complexity index is 890. The van der Waals surface area contributed by atoms with Gasteiger partial charge in [0.25, 0.3) is 0 Å². The molecule has 0 spiro atoms. The highest BCUT2D eigenvalue weighted by molar-refractivity contribution is 5.78. The molecule has 0 unspecified atom stereocenters. The van der Waals surface area contributed by atoms with E-state index in [2.05, 4.69) is 4.98 Å². The van der Waals surface area contributed by atoms with E-state index in [1.165, 1.54) is 6.07 Å². The normalized spacial score (nSPS) is 12.0. The molecule has 0 bridgehead atoms. The number of hydrogen-bond acceptors (Lipinski definition) is 3. The number of aromatic nitrogens is 2. The Morgan fingerprint density at radius 2 is 2.00 bits per heavy atom. The molecule has 0 aliphatic rings. The molecule has 1 aromatic heterocycles. The molecule has 0 fully saturated rings. The molecule has 0 saturated heterocycles. The molecule has 26 heavy (non-hydrogen) atoms. The van der Waals surface area contributed by atoms with Crippen molar-refractivity contribution in [2.45, 2.75) is 26.3 Å². The zero-order valence-corrected chi connectivity index (χ0v) is 14.9. The highest BCUT2D eigenvalue weighted by atomic mass is 19.1. The van der Waals surface area contributed by atoms with Crippen LogP contribution in [0.5, 0.6) is 0 Å². The predicted molar refractivity (Wildman–Crippen MR) is 98.2 cm³/mol. The van der Waals surface area contributed by atoms with Gasteiger partial charge in [-0.3, -0.25) is 4.79 Å². The minimum absolute atomic E-state index is 0.255. The lowest BCUT2D eigenvalue weighted by Crippen LogP contribution is -2.17. The van der Waals surface area contributed by atoms with Gasteiger partial charge in [-0.15, -0.1) is 0 Å². The second kappa shape index (κ2) is 7.95. The fraction of sp³-hybridized carbons (Fsp3) is 0.238. The van der Waals surface area contributed by atoms with Crippen LogP contribution in [-0.4, -0.2) is 22.1 Å². The Balaban J connectivity index is 1.63. The van der Waals surface area contributed by atoms with Gasteiger partial charge in [0.05, 0.1) is 12.5 Å². The molecule has 0 radical (unpaired) electrons. The molecule has 4 nitrogen and oxygen atoms in total. The van der Waals surface area contributed by atoms with Gasteiger partial charge in [0.15, 0.2) is 0 Å². The molecule has 1 atom stereocenters. The van der Waals surface area contributed by atoms with Gasteiger partial charge in [0.1, 0.15) is 18.2 Å². The van der Waals surface area contributed by atoms with E-state index in [-0.39, 0.29) is 18.4 Å². The molecule has 3 rings (SSSR count). The first-order valence-electron chi connectivity index (χ1n) is 8.55. The van der Waals surface area contributed by atoms with Crippen LogP contribution < -0.4 is 0 Å². The molecule has 0 aliphatic carbocycles. The van der Waals surface area contributed by atoms with Crippen molar-refractivity contribution < 1.29 is 13.9 Å². The smallest absolute Gasteiger partial charge is 0.313 e. The highest BCUT2D eigenvalue weighted by Crippen LogP contribution is 2.26. The van der Waals surface area contributed by atoms with Gasteiger partial charge in [-0.05, 0) is 31.0 Å². The lowest BCUT2D eigenvalue weighted by Gasteiger charge is -2.14. The monoisotopic (exact) mass is 352 g/mol. The lowest BCUT2D eigenvalue weighted by molar-refractivity contribution is -0.145. The zero-order chi connectivity index (χ0) is 18.5. The fourth-order valence-corrected chi connectivity index (χ4v) is 2.80. The Morgan fingerprint density at radius 3 is 2.65 bits per heavy atom. The van der Waals surface area contributed by atoms with Crippen molar-refractivity contribution in [1.82, 2.24) is 9.55 Å². The summed E-state index contributed by atoms with van der Waals surface area (Å²) in [5.41, 5.74) is 1.93. The number of benzene rings is 2. The number of rotatable bonds is 6. The van der Waals surface area contributed by atoms with Gasteiger partial charge in [-0.1, -0.05) is 42.5 Å². The van der Waals surface area contributed by atoms with Crippen LogP contribution >= 0.6 is 0 Å². The predicted octanol–water partition coefficient (Wildman–Crippen LogP) is 4.34. The van der Waals surface area contributed by atoms with Gasteiger partial charge in [-0.25, -0.2) is 9.37 Å². The van der Waals surface area contributed by atoms with Crippen LogP contribution in [0.2, 0.25) is 0 Å². The number of carbonyl (C=O) groups excluding carboxylic acids is 1. The van der Waals surface area contributed by atoms with Crippen LogP contribution in [0.4, 0.5) is 4.39 Å². The SMILES string of the molecule is Cc1nccn1CCOC(=O)[C@@H](C)c1ccc(-c2ccccc2)c(F)c1. The Kier molecular flexibility index (Phi) is 5.46. The summed E-state index contributed by atoms with van der Waals surface area (Å²) in [5.74, 6) is -0.372. The molecule has 0 amide bonds. The fourth-order valence-electron chi connectivity index (χ4n) is 2.80. The van der Waals surface area contributed by atoms with Crippen LogP contribution in [0.3, 0.4) is 0 Å². The summed E-state index contributed by atoms with van der Waals surface area (Å²) in [7, 11) is 0. The average Bonchev–Trinajstić information content (AvgIpc) is 3.06. The summed E-state index contributed by atoms with van der Waals surface area (Å²) in [6.45, 7) is 4.42. The van der Waals surface area contributed by atoms with Crippen molar-refractivity contribution in [3.05, 3.63) is 78.1 Å². The minimum atomic E-state index is -0.529. The van der Waals surface area contributed by atoms with E-state index in [1.54, 1.807) is 25.3 Å². The summed E-state index contributed by atoms with van der Waals surface area (Å²) in [5, 5.41) is 0. The molecule has 2 aromatic carbocycles. The standard InChI is InChI=1S/C21H21FN2O2/c1-15(21(25)26-13-12-24-11-10-23-16(24)2)18-8-9-19(20(22)14-18)17-6-4-3-5-7-17/h3-11,14-15H,12-13H2,1-2H3/t15-/m0/s1. The van der Waals surface area contributed by atoms with E-state index in [9.17, 15) is 9.18 Å². The largest absolute Gasteiger partial charge is 0.463 e. The molecule has 134 valence electrons. The van der Waals surface area contributed by atoms with E-state index < -0.39 is 5.92 Å². The van der Waals surface area contributed by atoms with Gasteiger partial charge < -0.3 is 9.30 Å². The maximum absolute atomic E-state index is 14.5. The zero-order valence-electron chi connectivity index (χ0n) is 14.9. The number of hydrogen-bond donors (Lipinski definition) is 0. The van der Waals surface area contributed by atoms with Crippen LogP contribution in [0.1, 0.15) is 24.2 Å². The highest BCUT2D eigenvalue weighted by Gasteiger charge is 2.18. The number of carbonyl (C=O) groups is 1. The first kappa shape index (κ1) is 17.9. The second-order valence-corrected chi connectivity index (χ2v) is 6.16. The third-order valence-corrected chi connectivity index (χ3v) is 4.43. The van der Waals surface area contributed by atoms with E-state index in [4.69, 9.17) is 4.74 Å². The van der Waals surface area contributed by atoms with Gasteiger partial charge in [-0.2, -0.15) is 0 Å².